The van der Waals surface area contributed by atoms with Crippen molar-refractivity contribution in [3.63, 3.8) is 0 Å². The topological polar surface area (TPSA) is 103 Å². The van der Waals surface area contributed by atoms with Crippen molar-refractivity contribution < 1.29 is 24.4 Å². The highest BCUT2D eigenvalue weighted by molar-refractivity contribution is 5.76. The predicted molar refractivity (Wildman–Crippen MR) is 112 cm³/mol. The highest BCUT2D eigenvalue weighted by Gasteiger charge is 2.58. The van der Waals surface area contributed by atoms with E-state index in [4.69, 9.17) is 20.2 Å². The van der Waals surface area contributed by atoms with Crippen molar-refractivity contribution in [2.24, 2.45) is 23.5 Å². The van der Waals surface area contributed by atoms with Gasteiger partial charge in [-0.2, -0.15) is 9.78 Å². The van der Waals surface area contributed by atoms with Crippen molar-refractivity contribution >= 4 is 5.91 Å². The molecule has 2 bridgehead atoms. The number of hydrogen-bond acceptors (Lipinski definition) is 6. The van der Waals surface area contributed by atoms with Gasteiger partial charge in [0.1, 0.15) is 0 Å². The van der Waals surface area contributed by atoms with E-state index >= 15 is 0 Å². The van der Waals surface area contributed by atoms with Crippen LogP contribution in [0, 0.1) is 17.8 Å². The van der Waals surface area contributed by atoms with Crippen LogP contribution < -0.4 is 11.1 Å². The third-order valence-corrected chi connectivity index (χ3v) is 7.74. The standard InChI is InChI=1S/C23H40N2O5/c1-20(2,24)15-25-19(26)12-16-6-9-23(10-7-16)28-21(3,29-30-23)18-11-17-5-4-8-22(27,13-17)14-18/h16-18,27H,4-15,24H2,1-3H3,(H,25,26)/t16-,17?,18?,21-,22+,23+/m0/s1. The Morgan fingerprint density at radius 3 is 2.57 bits per heavy atom. The zero-order valence-corrected chi connectivity index (χ0v) is 18.9. The van der Waals surface area contributed by atoms with Gasteiger partial charge in [-0.3, -0.25) is 4.79 Å². The maximum Gasteiger partial charge on any atom is 0.220 e. The molecule has 4 N–H and O–H groups in total. The predicted octanol–water partition coefficient (Wildman–Crippen LogP) is 3.14. The van der Waals surface area contributed by atoms with Gasteiger partial charge in [0.2, 0.25) is 17.5 Å². The van der Waals surface area contributed by atoms with E-state index in [9.17, 15) is 9.90 Å². The van der Waals surface area contributed by atoms with E-state index in [0.717, 1.165) is 57.8 Å². The molecule has 1 spiro atoms. The van der Waals surface area contributed by atoms with Crippen LogP contribution in [0.2, 0.25) is 0 Å². The SMILES string of the molecule is CC(C)(N)CNC(=O)C[C@H]1CC[C@]2(CC1)OO[C@@](C)(C1CC3CCC[C@@](O)(C3)C1)O2. The van der Waals surface area contributed by atoms with Gasteiger partial charge in [-0.15, -0.1) is 0 Å². The van der Waals surface area contributed by atoms with Gasteiger partial charge in [0, 0.05) is 37.3 Å². The van der Waals surface area contributed by atoms with E-state index < -0.39 is 22.7 Å². The van der Waals surface area contributed by atoms with Crippen molar-refractivity contribution in [3.05, 3.63) is 0 Å². The summed E-state index contributed by atoms with van der Waals surface area (Å²) in [6, 6.07) is 0. The zero-order valence-electron chi connectivity index (χ0n) is 18.9. The maximum atomic E-state index is 12.2. The minimum absolute atomic E-state index is 0.0609. The van der Waals surface area contributed by atoms with Crippen LogP contribution in [0.3, 0.4) is 0 Å². The first-order chi connectivity index (χ1) is 14.0. The summed E-state index contributed by atoms with van der Waals surface area (Å²) in [5.41, 5.74) is 4.98. The maximum absolute atomic E-state index is 12.2. The van der Waals surface area contributed by atoms with E-state index in [1.165, 1.54) is 6.42 Å². The molecule has 1 aliphatic heterocycles. The lowest BCUT2D eigenvalue weighted by atomic mass is 9.63. The molecule has 4 atom stereocenters. The molecule has 4 fully saturated rings. The Kier molecular flexibility index (Phi) is 5.99. The molecular formula is C23H40N2O5. The van der Waals surface area contributed by atoms with Gasteiger partial charge in [-0.1, -0.05) is 12.8 Å². The Morgan fingerprint density at radius 1 is 1.17 bits per heavy atom. The number of aliphatic hydroxyl groups is 1. The minimum atomic E-state index is -0.805. The molecule has 2 unspecified atom stereocenters. The van der Waals surface area contributed by atoms with Crippen LogP contribution >= 0.6 is 0 Å². The number of nitrogens with two attached hydrogens (primary N) is 1. The van der Waals surface area contributed by atoms with Crippen LogP contribution in [0.1, 0.15) is 91.4 Å². The Labute approximate surface area is 180 Å². The fourth-order valence-electron chi connectivity index (χ4n) is 6.07. The van der Waals surface area contributed by atoms with Crippen LogP contribution in [0.25, 0.3) is 0 Å². The molecule has 3 aliphatic carbocycles. The number of fused-ring (bicyclic) bond motifs is 2. The van der Waals surface area contributed by atoms with Gasteiger partial charge in [0.25, 0.3) is 0 Å². The van der Waals surface area contributed by atoms with Gasteiger partial charge >= 0.3 is 0 Å². The fraction of sp³-hybridized carbons (Fsp3) is 0.957. The lowest BCUT2D eigenvalue weighted by Crippen LogP contribution is -2.50. The molecule has 0 aromatic carbocycles. The highest BCUT2D eigenvalue weighted by atomic mass is 17.3. The first-order valence-electron chi connectivity index (χ1n) is 11.8. The Morgan fingerprint density at radius 2 is 1.90 bits per heavy atom. The largest absolute Gasteiger partial charge is 0.390 e. The molecule has 7 heteroatoms. The third-order valence-electron chi connectivity index (χ3n) is 7.74. The molecule has 30 heavy (non-hydrogen) atoms. The van der Waals surface area contributed by atoms with Crippen LogP contribution in [0.4, 0.5) is 0 Å². The van der Waals surface area contributed by atoms with Crippen molar-refractivity contribution in [3.8, 4) is 0 Å². The number of rotatable bonds is 5. The number of carbonyl (C=O) groups is 1. The summed E-state index contributed by atoms with van der Waals surface area (Å²) >= 11 is 0. The van der Waals surface area contributed by atoms with Crippen molar-refractivity contribution in [2.75, 3.05) is 6.54 Å². The van der Waals surface area contributed by atoms with E-state index in [1.54, 1.807) is 0 Å². The number of nitrogens with one attached hydrogen (secondary N) is 1. The zero-order chi connectivity index (χ0) is 21.6. The summed E-state index contributed by atoms with van der Waals surface area (Å²) < 4.78 is 6.50. The Balaban J connectivity index is 1.29. The summed E-state index contributed by atoms with van der Waals surface area (Å²) in [5, 5.41) is 13.9. The van der Waals surface area contributed by atoms with E-state index in [-0.39, 0.29) is 11.8 Å². The third kappa shape index (κ3) is 5.01. The molecular weight excluding hydrogens is 384 g/mol. The molecule has 0 radical (unpaired) electrons. The lowest BCUT2D eigenvalue weighted by molar-refractivity contribution is -0.363. The van der Waals surface area contributed by atoms with Gasteiger partial charge in [0.15, 0.2) is 0 Å². The molecule has 4 aliphatic rings. The quantitative estimate of drug-likeness (QED) is 0.586. The second-order valence-corrected chi connectivity index (χ2v) is 11.4. The molecule has 0 aromatic heterocycles. The first-order valence-corrected chi connectivity index (χ1v) is 11.8. The summed E-state index contributed by atoms with van der Waals surface area (Å²) in [4.78, 5) is 23.9. The molecule has 172 valence electrons. The van der Waals surface area contributed by atoms with E-state index in [0.29, 0.717) is 24.8 Å². The second-order valence-electron chi connectivity index (χ2n) is 11.4. The Bertz CT molecular complexity index is 642. The first kappa shape index (κ1) is 22.5. The second kappa shape index (κ2) is 8.00. The van der Waals surface area contributed by atoms with Crippen molar-refractivity contribution in [1.82, 2.24) is 5.32 Å². The molecule has 1 amide bonds. The normalized spacial score (nSPS) is 44.2. The minimum Gasteiger partial charge on any atom is -0.390 e. The molecule has 0 aromatic rings. The van der Waals surface area contributed by atoms with Gasteiger partial charge in [0.05, 0.1) is 5.60 Å². The summed E-state index contributed by atoms with van der Waals surface area (Å²) in [7, 11) is 0. The fourth-order valence-corrected chi connectivity index (χ4v) is 6.07. The average Bonchev–Trinajstić information content (AvgIpc) is 2.99. The van der Waals surface area contributed by atoms with Crippen molar-refractivity contribution in [2.45, 2.75) is 114 Å². The summed E-state index contributed by atoms with van der Waals surface area (Å²) in [6.45, 7) is 6.27. The van der Waals surface area contributed by atoms with E-state index in [1.807, 2.05) is 20.8 Å². The highest BCUT2D eigenvalue weighted by Crippen LogP contribution is 2.54. The summed E-state index contributed by atoms with van der Waals surface area (Å²) in [5.74, 6) is -0.437. The Hall–Kier alpha value is -0.730. The number of ether oxygens (including phenoxy) is 1. The van der Waals surface area contributed by atoms with Crippen LogP contribution in [0.15, 0.2) is 0 Å². The molecule has 7 nitrogen and oxygen atoms in total. The average molecular weight is 425 g/mol. The smallest absolute Gasteiger partial charge is 0.220 e. The molecule has 1 saturated heterocycles. The van der Waals surface area contributed by atoms with Gasteiger partial charge in [-0.25, -0.2) is 0 Å². The molecule has 4 rings (SSSR count). The lowest BCUT2D eigenvalue weighted by Gasteiger charge is -2.48. The van der Waals surface area contributed by atoms with Crippen LogP contribution in [-0.4, -0.2) is 40.3 Å². The van der Waals surface area contributed by atoms with Gasteiger partial charge in [-0.05, 0) is 71.1 Å². The number of hydrogen-bond donors (Lipinski definition) is 3. The van der Waals surface area contributed by atoms with Crippen LogP contribution in [0.5, 0.6) is 0 Å². The van der Waals surface area contributed by atoms with Gasteiger partial charge < -0.3 is 20.9 Å². The molecule has 1 heterocycles. The monoisotopic (exact) mass is 424 g/mol. The van der Waals surface area contributed by atoms with Crippen LogP contribution in [-0.2, 0) is 19.3 Å². The molecule has 3 saturated carbocycles. The summed E-state index contributed by atoms with van der Waals surface area (Å²) in [6.07, 6.45) is 9.55. The number of amides is 1. The number of carbonyl (C=O) groups excluding carboxylic acids is 1. The van der Waals surface area contributed by atoms with Crippen molar-refractivity contribution in [1.29, 1.82) is 0 Å². The van der Waals surface area contributed by atoms with E-state index in [2.05, 4.69) is 5.32 Å².